The average molecular weight is 333 g/mol. The van der Waals surface area contributed by atoms with Gasteiger partial charge in [-0.2, -0.15) is 0 Å². The van der Waals surface area contributed by atoms with E-state index in [1.54, 1.807) is 0 Å². The molecule has 0 unspecified atom stereocenters. The summed E-state index contributed by atoms with van der Waals surface area (Å²) in [6.45, 7) is 9.44. The fourth-order valence-corrected chi connectivity index (χ4v) is 1.58. The largest absolute Gasteiger partial charge is 0.377 e. The first kappa shape index (κ1) is 22.0. The van der Waals surface area contributed by atoms with Crippen molar-refractivity contribution in [3.05, 3.63) is 0 Å². The van der Waals surface area contributed by atoms with E-state index in [2.05, 4.69) is 5.32 Å². The number of hydrogen-bond donors (Lipinski definition) is 1. The number of hydrogen-bond acceptors (Lipinski definition) is 6. The lowest BCUT2D eigenvalue weighted by molar-refractivity contribution is -0.122. The Morgan fingerprint density at radius 3 is 1.78 bits per heavy atom. The molecule has 0 aromatic carbocycles. The molecule has 7 heteroatoms. The molecular weight excluding hydrogens is 302 g/mol. The van der Waals surface area contributed by atoms with Crippen LogP contribution >= 0.6 is 0 Å². The summed E-state index contributed by atoms with van der Waals surface area (Å²) in [6.07, 6.45) is 0.545. The standard InChI is InChI=1S/C16H31NO6/c1-14(2)12-16(19)17-4-5-20-6-7-21-8-9-22-10-11-23-13-15(3)18/h14H,4-13H2,1-3H3,(H,17,19). The topological polar surface area (TPSA) is 83.1 Å². The molecule has 0 saturated carbocycles. The third kappa shape index (κ3) is 18.9. The van der Waals surface area contributed by atoms with Crippen molar-refractivity contribution in [1.29, 1.82) is 0 Å². The smallest absolute Gasteiger partial charge is 0.220 e. The minimum atomic E-state index is 0.00724. The van der Waals surface area contributed by atoms with Gasteiger partial charge in [0, 0.05) is 13.0 Å². The van der Waals surface area contributed by atoms with Crippen LogP contribution in [0, 0.1) is 5.92 Å². The van der Waals surface area contributed by atoms with Gasteiger partial charge in [0.2, 0.25) is 5.91 Å². The maximum Gasteiger partial charge on any atom is 0.220 e. The van der Waals surface area contributed by atoms with Gasteiger partial charge in [-0.15, -0.1) is 0 Å². The fraction of sp³-hybridized carbons (Fsp3) is 0.875. The van der Waals surface area contributed by atoms with Crippen LogP contribution in [-0.4, -0.2) is 71.1 Å². The van der Waals surface area contributed by atoms with Gasteiger partial charge in [0.05, 0.1) is 46.2 Å². The number of ether oxygens (including phenoxy) is 4. The van der Waals surface area contributed by atoms with Crippen LogP contribution in [0.1, 0.15) is 27.2 Å². The first-order chi connectivity index (χ1) is 11.0. The molecular formula is C16H31NO6. The third-order valence-corrected chi connectivity index (χ3v) is 2.58. The van der Waals surface area contributed by atoms with Gasteiger partial charge in [0.25, 0.3) is 0 Å². The van der Waals surface area contributed by atoms with Crippen molar-refractivity contribution in [2.45, 2.75) is 27.2 Å². The summed E-state index contributed by atoms with van der Waals surface area (Å²) in [6, 6.07) is 0. The maximum absolute atomic E-state index is 11.4. The molecule has 0 aliphatic rings. The quantitative estimate of drug-likeness (QED) is 0.421. The molecule has 0 aromatic heterocycles. The van der Waals surface area contributed by atoms with Crippen LogP contribution in [-0.2, 0) is 28.5 Å². The number of nitrogens with one attached hydrogen (secondary N) is 1. The van der Waals surface area contributed by atoms with E-state index in [4.69, 9.17) is 18.9 Å². The van der Waals surface area contributed by atoms with Gasteiger partial charge >= 0.3 is 0 Å². The van der Waals surface area contributed by atoms with E-state index in [0.717, 1.165) is 0 Å². The predicted octanol–water partition coefficient (Wildman–Crippen LogP) is 0.804. The Bertz CT molecular complexity index is 309. The van der Waals surface area contributed by atoms with Gasteiger partial charge in [-0.05, 0) is 12.8 Å². The van der Waals surface area contributed by atoms with Crippen LogP contribution in [0.5, 0.6) is 0 Å². The summed E-state index contributed by atoms with van der Waals surface area (Å²) >= 11 is 0. The second-order valence-electron chi connectivity index (χ2n) is 5.54. The lowest BCUT2D eigenvalue weighted by atomic mass is 10.1. The van der Waals surface area contributed by atoms with Crippen molar-refractivity contribution < 1.29 is 28.5 Å². The Morgan fingerprint density at radius 2 is 1.30 bits per heavy atom. The molecule has 0 spiro atoms. The van der Waals surface area contributed by atoms with Gasteiger partial charge in [-0.3, -0.25) is 9.59 Å². The third-order valence-electron chi connectivity index (χ3n) is 2.58. The molecule has 0 aliphatic carbocycles. The summed E-state index contributed by atoms with van der Waals surface area (Å²) in [5, 5.41) is 2.80. The predicted molar refractivity (Wildman–Crippen MR) is 86.4 cm³/mol. The Morgan fingerprint density at radius 1 is 0.826 bits per heavy atom. The van der Waals surface area contributed by atoms with Crippen LogP contribution in [0.3, 0.4) is 0 Å². The van der Waals surface area contributed by atoms with E-state index in [0.29, 0.717) is 65.1 Å². The Hall–Kier alpha value is -1.02. The van der Waals surface area contributed by atoms with Crippen molar-refractivity contribution in [2.24, 2.45) is 5.92 Å². The first-order valence-electron chi connectivity index (χ1n) is 8.09. The summed E-state index contributed by atoms with van der Waals surface area (Å²) in [7, 11) is 0. The second-order valence-corrected chi connectivity index (χ2v) is 5.54. The molecule has 0 saturated heterocycles. The van der Waals surface area contributed by atoms with E-state index in [9.17, 15) is 9.59 Å². The molecule has 0 heterocycles. The van der Waals surface area contributed by atoms with Gasteiger partial charge in [-0.25, -0.2) is 0 Å². The van der Waals surface area contributed by atoms with E-state index in [1.165, 1.54) is 6.92 Å². The van der Waals surface area contributed by atoms with Crippen LogP contribution in [0.4, 0.5) is 0 Å². The van der Waals surface area contributed by atoms with Crippen molar-refractivity contribution in [3.8, 4) is 0 Å². The SMILES string of the molecule is CC(=O)COCCOCCOCCOCCNC(=O)CC(C)C. The van der Waals surface area contributed by atoms with Crippen LogP contribution in [0.25, 0.3) is 0 Å². The fourth-order valence-electron chi connectivity index (χ4n) is 1.58. The van der Waals surface area contributed by atoms with Crippen molar-refractivity contribution in [3.63, 3.8) is 0 Å². The number of rotatable bonds is 16. The first-order valence-corrected chi connectivity index (χ1v) is 8.09. The number of carbonyl (C=O) groups excluding carboxylic acids is 2. The minimum absolute atomic E-state index is 0.00724. The second kappa shape index (κ2) is 15.9. The van der Waals surface area contributed by atoms with E-state index < -0.39 is 0 Å². The zero-order chi connectivity index (χ0) is 17.3. The molecule has 0 radical (unpaired) electrons. The highest BCUT2D eigenvalue weighted by Crippen LogP contribution is 1.97. The molecule has 7 nitrogen and oxygen atoms in total. The molecule has 0 rings (SSSR count). The number of amides is 1. The normalized spacial score (nSPS) is 11.0. The number of carbonyl (C=O) groups is 2. The molecule has 0 atom stereocenters. The van der Waals surface area contributed by atoms with Crippen molar-refractivity contribution >= 4 is 11.7 Å². The Kier molecular flexibility index (Phi) is 15.2. The Labute approximate surface area is 139 Å². The molecule has 0 aromatic rings. The lowest BCUT2D eigenvalue weighted by Gasteiger charge is -2.08. The molecule has 136 valence electrons. The average Bonchev–Trinajstić information content (AvgIpc) is 2.46. The molecule has 1 amide bonds. The van der Waals surface area contributed by atoms with Gasteiger partial charge in [-0.1, -0.05) is 13.8 Å². The highest BCUT2D eigenvalue weighted by molar-refractivity contribution is 5.76. The highest BCUT2D eigenvalue weighted by Gasteiger charge is 2.03. The zero-order valence-corrected chi connectivity index (χ0v) is 14.6. The minimum Gasteiger partial charge on any atom is -0.377 e. The van der Waals surface area contributed by atoms with E-state index >= 15 is 0 Å². The number of ketones is 1. The summed E-state index contributed by atoms with van der Waals surface area (Å²) in [5.41, 5.74) is 0. The summed E-state index contributed by atoms with van der Waals surface area (Å²) in [5.74, 6) is 0.435. The summed E-state index contributed by atoms with van der Waals surface area (Å²) < 4.78 is 21.0. The van der Waals surface area contributed by atoms with Gasteiger partial charge in [0.1, 0.15) is 6.61 Å². The molecule has 1 N–H and O–H groups in total. The lowest BCUT2D eigenvalue weighted by Crippen LogP contribution is -2.28. The monoisotopic (exact) mass is 333 g/mol. The zero-order valence-electron chi connectivity index (χ0n) is 14.6. The summed E-state index contributed by atoms with van der Waals surface area (Å²) in [4.78, 5) is 22.0. The maximum atomic E-state index is 11.4. The molecule has 23 heavy (non-hydrogen) atoms. The highest BCUT2D eigenvalue weighted by atomic mass is 16.6. The Balaban J connectivity index is 3.11. The van der Waals surface area contributed by atoms with E-state index in [1.807, 2.05) is 13.8 Å². The molecule has 0 bridgehead atoms. The molecule has 0 fully saturated rings. The van der Waals surface area contributed by atoms with Crippen LogP contribution in [0.15, 0.2) is 0 Å². The molecule has 0 aliphatic heterocycles. The van der Waals surface area contributed by atoms with Crippen molar-refractivity contribution in [1.82, 2.24) is 5.32 Å². The van der Waals surface area contributed by atoms with E-state index in [-0.39, 0.29) is 18.3 Å². The van der Waals surface area contributed by atoms with Gasteiger partial charge in [0.15, 0.2) is 5.78 Å². The number of Topliss-reactive ketones (excluding diaryl/α,β-unsaturated/α-hetero) is 1. The van der Waals surface area contributed by atoms with Crippen LogP contribution in [0.2, 0.25) is 0 Å². The van der Waals surface area contributed by atoms with Gasteiger partial charge < -0.3 is 24.3 Å². The van der Waals surface area contributed by atoms with Crippen LogP contribution < -0.4 is 5.32 Å². The van der Waals surface area contributed by atoms with Crippen molar-refractivity contribution in [2.75, 3.05) is 59.4 Å².